The van der Waals surface area contributed by atoms with E-state index in [0.29, 0.717) is 6.54 Å². The highest BCUT2D eigenvalue weighted by Crippen LogP contribution is 2.13. The molecule has 0 unspecified atom stereocenters. The molecule has 1 heterocycles. The smallest absolute Gasteiger partial charge is 0.279 e. The topological polar surface area (TPSA) is 54.3 Å². The van der Waals surface area contributed by atoms with Crippen LogP contribution in [0.1, 0.15) is 17.0 Å². The van der Waals surface area contributed by atoms with E-state index in [4.69, 9.17) is 0 Å². The fourth-order valence-electron chi connectivity index (χ4n) is 1.41. The van der Waals surface area contributed by atoms with Gasteiger partial charge in [-0.15, -0.1) is 0 Å². The van der Waals surface area contributed by atoms with E-state index in [0.717, 1.165) is 21.3 Å². The third-order valence-electron chi connectivity index (χ3n) is 2.81. The van der Waals surface area contributed by atoms with Crippen molar-refractivity contribution < 1.29 is 8.42 Å². The van der Waals surface area contributed by atoms with E-state index in [9.17, 15) is 8.42 Å². The third kappa shape index (κ3) is 2.63. The van der Waals surface area contributed by atoms with Gasteiger partial charge in [-0.1, -0.05) is 0 Å². The summed E-state index contributed by atoms with van der Waals surface area (Å²) >= 11 is 0. The average Bonchev–Trinajstić information content (AvgIpc) is 2.43. The Morgan fingerprint density at radius 3 is 2.31 bits per heavy atom. The summed E-state index contributed by atoms with van der Waals surface area (Å²) < 4.78 is 28.8. The highest BCUT2D eigenvalue weighted by atomic mass is 32.2. The first-order valence-corrected chi connectivity index (χ1v) is 6.48. The number of rotatable bonds is 4. The van der Waals surface area contributed by atoms with Crippen molar-refractivity contribution in [1.82, 2.24) is 13.6 Å². The van der Waals surface area contributed by atoms with E-state index >= 15 is 0 Å². The van der Waals surface area contributed by atoms with Gasteiger partial charge in [0, 0.05) is 39.1 Å². The summed E-state index contributed by atoms with van der Waals surface area (Å²) in [5.41, 5.74) is 3.21. The van der Waals surface area contributed by atoms with Gasteiger partial charge in [0.15, 0.2) is 0 Å². The molecule has 0 radical (unpaired) electrons. The van der Waals surface area contributed by atoms with Gasteiger partial charge in [0.05, 0.1) is 0 Å². The predicted octanol–water partition coefficient (Wildman–Crippen LogP) is 0.538. The molecule has 0 aliphatic carbocycles. The molecule has 0 fully saturated rings. The van der Waals surface area contributed by atoms with Gasteiger partial charge in [0.25, 0.3) is 10.2 Å². The number of aryl methyl sites for hydroxylation is 1. The van der Waals surface area contributed by atoms with Crippen LogP contribution in [0, 0.1) is 13.8 Å². The van der Waals surface area contributed by atoms with Gasteiger partial charge in [0.2, 0.25) is 0 Å². The number of nitrogens with zero attached hydrogens (tertiary/aromatic N) is 2. The second-order valence-electron chi connectivity index (χ2n) is 4.06. The molecule has 5 nitrogen and oxygen atoms in total. The molecule has 16 heavy (non-hydrogen) atoms. The Bertz CT molecular complexity index is 474. The van der Waals surface area contributed by atoms with Crippen LogP contribution in [-0.4, -0.2) is 31.4 Å². The minimum Gasteiger partial charge on any atom is -0.352 e. The molecule has 0 amide bonds. The molecule has 0 bridgehead atoms. The number of aromatic nitrogens is 1. The molecule has 1 aromatic heterocycles. The van der Waals surface area contributed by atoms with E-state index < -0.39 is 10.2 Å². The monoisotopic (exact) mass is 245 g/mol. The molecule has 0 aliphatic heterocycles. The van der Waals surface area contributed by atoms with Crippen LogP contribution < -0.4 is 4.72 Å². The molecular weight excluding hydrogens is 226 g/mol. The Kier molecular flexibility index (Phi) is 3.77. The highest BCUT2D eigenvalue weighted by molar-refractivity contribution is 7.87. The SMILES string of the molecule is Cc1cc(CNS(=O)(=O)N(C)C)c(C)n1C. The maximum atomic E-state index is 11.5. The lowest BCUT2D eigenvalue weighted by atomic mass is 10.2. The van der Waals surface area contributed by atoms with Crippen LogP contribution in [0.2, 0.25) is 0 Å². The maximum Gasteiger partial charge on any atom is 0.279 e. The van der Waals surface area contributed by atoms with Crippen molar-refractivity contribution in [3.05, 3.63) is 23.0 Å². The summed E-state index contributed by atoms with van der Waals surface area (Å²) in [6, 6.07) is 1.99. The van der Waals surface area contributed by atoms with Gasteiger partial charge in [-0.2, -0.15) is 17.4 Å². The van der Waals surface area contributed by atoms with Gasteiger partial charge >= 0.3 is 0 Å². The predicted molar refractivity (Wildman–Crippen MR) is 64.3 cm³/mol. The van der Waals surface area contributed by atoms with E-state index in [1.807, 2.05) is 31.5 Å². The van der Waals surface area contributed by atoms with Gasteiger partial charge in [0.1, 0.15) is 0 Å². The standard InChI is InChI=1S/C10H19N3O2S/c1-8-6-10(9(2)13(8)5)7-11-16(14,15)12(3)4/h6,11H,7H2,1-5H3. The molecule has 0 atom stereocenters. The quantitative estimate of drug-likeness (QED) is 0.841. The van der Waals surface area contributed by atoms with Gasteiger partial charge in [-0.25, -0.2) is 0 Å². The van der Waals surface area contributed by atoms with Gasteiger partial charge < -0.3 is 4.57 Å². The first-order valence-electron chi connectivity index (χ1n) is 5.04. The Morgan fingerprint density at radius 1 is 1.38 bits per heavy atom. The van der Waals surface area contributed by atoms with Crippen molar-refractivity contribution in [3.8, 4) is 0 Å². The van der Waals surface area contributed by atoms with Crippen LogP contribution in [0.4, 0.5) is 0 Å². The molecular formula is C10H19N3O2S. The van der Waals surface area contributed by atoms with Crippen molar-refractivity contribution in [2.24, 2.45) is 7.05 Å². The number of hydrogen-bond donors (Lipinski definition) is 1. The summed E-state index contributed by atoms with van der Waals surface area (Å²) in [6.45, 7) is 4.30. The largest absolute Gasteiger partial charge is 0.352 e. The van der Waals surface area contributed by atoms with E-state index in [1.54, 1.807) is 0 Å². The summed E-state index contributed by atoms with van der Waals surface area (Å²) in [4.78, 5) is 0. The first-order chi connectivity index (χ1) is 7.25. The Hall–Kier alpha value is -0.850. The van der Waals surface area contributed by atoms with Gasteiger partial charge in [-0.3, -0.25) is 0 Å². The summed E-state index contributed by atoms with van der Waals surface area (Å²) in [5.74, 6) is 0. The van der Waals surface area contributed by atoms with Crippen molar-refractivity contribution in [2.75, 3.05) is 14.1 Å². The summed E-state index contributed by atoms with van der Waals surface area (Å²) in [7, 11) is 1.63. The van der Waals surface area contributed by atoms with Crippen molar-refractivity contribution in [2.45, 2.75) is 20.4 Å². The molecule has 0 aromatic carbocycles. The van der Waals surface area contributed by atoms with Crippen LogP contribution in [0.3, 0.4) is 0 Å². The molecule has 1 aromatic rings. The fraction of sp³-hybridized carbons (Fsp3) is 0.600. The molecule has 0 spiro atoms. The molecule has 0 saturated carbocycles. The second kappa shape index (κ2) is 4.57. The Morgan fingerprint density at radius 2 is 1.94 bits per heavy atom. The third-order valence-corrected chi connectivity index (χ3v) is 4.28. The number of nitrogens with one attached hydrogen (secondary N) is 1. The van der Waals surface area contributed by atoms with E-state index in [-0.39, 0.29) is 0 Å². The highest BCUT2D eigenvalue weighted by Gasteiger charge is 2.14. The minimum absolute atomic E-state index is 0.327. The Balaban J connectivity index is 2.80. The van der Waals surface area contributed by atoms with Crippen LogP contribution >= 0.6 is 0 Å². The lowest BCUT2D eigenvalue weighted by molar-refractivity contribution is 0.505. The van der Waals surface area contributed by atoms with Gasteiger partial charge in [-0.05, 0) is 25.5 Å². The lowest BCUT2D eigenvalue weighted by Crippen LogP contribution is -2.35. The summed E-state index contributed by atoms with van der Waals surface area (Å²) in [6.07, 6.45) is 0. The van der Waals surface area contributed by atoms with Crippen molar-refractivity contribution in [1.29, 1.82) is 0 Å². The molecule has 0 saturated heterocycles. The molecule has 1 rings (SSSR count). The zero-order valence-corrected chi connectivity index (χ0v) is 11.2. The summed E-state index contributed by atoms with van der Waals surface area (Å²) in [5, 5.41) is 0. The Labute approximate surface area is 97.2 Å². The van der Waals surface area contributed by atoms with E-state index in [1.165, 1.54) is 14.1 Å². The maximum absolute atomic E-state index is 11.5. The number of hydrogen-bond acceptors (Lipinski definition) is 2. The average molecular weight is 245 g/mol. The zero-order valence-electron chi connectivity index (χ0n) is 10.4. The van der Waals surface area contributed by atoms with E-state index in [2.05, 4.69) is 4.72 Å². The first kappa shape index (κ1) is 13.2. The zero-order chi connectivity index (χ0) is 12.5. The molecule has 0 aliphatic rings. The van der Waals surface area contributed by atoms with Crippen molar-refractivity contribution >= 4 is 10.2 Å². The van der Waals surface area contributed by atoms with Crippen LogP contribution in [0.15, 0.2) is 6.07 Å². The normalized spacial score (nSPS) is 12.4. The minimum atomic E-state index is -3.34. The molecule has 6 heteroatoms. The van der Waals surface area contributed by atoms with Crippen molar-refractivity contribution in [3.63, 3.8) is 0 Å². The van der Waals surface area contributed by atoms with Crippen LogP contribution in [0.5, 0.6) is 0 Å². The second-order valence-corrected chi connectivity index (χ2v) is 6.03. The molecule has 1 N–H and O–H groups in total. The lowest BCUT2D eigenvalue weighted by Gasteiger charge is -2.12. The molecule has 92 valence electrons. The fourth-order valence-corrected chi connectivity index (χ4v) is 2.01. The van der Waals surface area contributed by atoms with Crippen LogP contribution in [-0.2, 0) is 23.8 Å². The van der Waals surface area contributed by atoms with Crippen LogP contribution in [0.25, 0.3) is 0 Å².